The van der Waals surface area contributed by atoms with Crippen molar-refractivity contribution in [1.29, 1.82) is 0 Å². The molecule has 0 spiro atoms. The van der Waals surface area contributed by atoms with Gasteiger partial charge in [0, 0.05) is 44.0 Å². The molecule has 0 aromatic carbocycles. The van der Waals surface area contributed by atoms with Crippen molar-refractivity contribution in [2.45, 2.75) is 57.4 Å². The smallest absolute Gasteiger partial charge is 0.290 e. The third-order valence-corrected chi connectivity index (χ3v) is 6.12. The molecule has 1 amide bonds. The van der Waals surface area contributed by atoms with Crippen LogP contribution < -0.4 is 5.32 Å². The second-order valence-corrected chi connectivity index (χ2v) is 8.26. The van der Waals surface area contributed by atoms with Gasteiger partial charge in [0.05, 0.1) is 5.69 Å². The first kappa shape index (κ1) is 19.1. The molecule has 6 nitrogen and oxygen atoms in total. The van der Waals surface area contributed by atoms with E-state index in [2.05, 4.69) is 20.4 Å². The molecule has 2 aliphatic rings. The monoisotopic (exact) mass is 382 g/mol. The summed E-state index contributed by atoms with van der Waals surface area (Å²) in [7, 11) is 0. The van der Waals surface area contributed by atoms with Gasteiger partial charge in [-0.3, -0.25) is 9.78 Å². The number of likely N-dealkylation sites (tertiary alicyclic amines) is 1. The zero-order valence-corrected chi connectivity index (χ0v) is 16.5. The predicted octanol–water partition coefficient (Wildman–Crippen LogP) is 3.76. The third kappa shape index (κ3) is 4.98. The molecule has 1 saturated heterocycles. The molecule has 3 heterocycles. The number of hydrogen-bond acceptors (Lipinski definition) is 5. The minimum Gasteiger partial charge on any atom is -0.351 e. The van der Waals surface area contributed by atoms with Crippen LogP contribution in [0.2, 0.25) is 0 Å². The van der Waals surface area contributed by atoms with Crippen LogP contribution in [0.15, 0.2) is 35.1 Å². The van der Waals surface area contributed by atoms with Gasteiger partial charge in [-0.25, -0.2) is 0 Å². The minimum absolute atomic E-state index is 0.217. The molecule has 1 N–H and O–H groups in total. The van der Waals surface area contributed by atoms with Gasteiger partial charge in [0.2, 0.25) is 5.76 Å². The van der Waals surface area contributed by atoms with Crippen LogP contribution in [0.5, 0.6) is 0 Å². The number of carbonyl (C=O) groups is 1. The minimum atomic E-state index is -0.217. The second-order valence-electron chi connectivity index (χ2n) is 8.26. The highest BCUT2D eigenvalue weighted by Gasteiger charge is 2.27. The van der Waals surface area contributed by atoms with Crippen LogP contribution >= 0.6 is 0 Å². The zero-order chi connectivity index (χ0) is 19.2. The molecule has 2 aromatic heterocycles. The van der Waals surface area contributed by atoms with Crippen molar-refractivity contribution in [2.75, 3.05) is 19.6 Å². The lowest BCUT2D eigenvalue weighted by atomic mass is 9.87. The number of pyridine rings is 1. The van der Waals surface area contributed by atoms with Crippen LogP contribution in [0.3, 0.4) is 0 Å². The molecule has 4 rings (SSSR count). The number of amides is 1. The Bertz CT molecular complexity index is 755. The van der Waals surface area contributed by atoms with Crippen molar-refractivity contribution >= 4 is 5.91 Å². The lowest BCUT2D eigenvalue weighted by Gasteiger charge is -2.35. The Morgan fingerprint density at radius 1 is 1.14 bits per heavy atom. The molecule has 2 aromatic rings. The van der Waals surface area contributed by atoms with Crippen molar-refractivity contribution in [3.63, 3.8) is 0 Å². The van der Waals surface area contributed by atoms with Gasteiger partial charge >= 0.3 is 0 Å². The van der Waals surface area contributed by atoms with E-state index in [-0.39, 0.29) is 5.91 Å². The van der Waals surface area contributed by atoms with Crippen molar-refractivity contribution in [2.24, 2.45) is 5.92 Å². The van der Waals surface area contributed by atoms with Crippen molar-refractivity contribution in [3.8, 4) is 0 Å². The van der Waals surface area contributed by atoms with Crippen molar-refractivity contribution in [3.05, 3.63) is 47.6 Å². The van der Waals surface area contributed by atoms with E-state index in [0.29, 0.717) is 18.2 Å². The largest absolute Gasteiger partial charge is 0.351 e. The van der Waals surface area contributed by atoms with Gasteiger partial charge in [0.25, 0.3) is 5.91 Å². The Balaban J connectivity index is 1.30. The van der Waals surface area contributed by atoms with E-state index in [9.17, 15) is 4.79 Å². The molecule has 6 heteroatoms. The van der Waals surface area contributed by atoms with Gasteiger partial charge in [-0.05, 0) is 55.8 Å². The number of nitrogens with one attached hydrogen (secondary N) is 1. The molecular formula is C22H30N4O2. The standard InChI is InChI=1S/C22H30N4O2/c27-22(24-14-17-8-10-23-11-9-17)21-13-20(25-28-21)19-7-4-12-26(16-19)15-18-5-2-1-3-6-18/h8-11,13,18-19H,1-7,12,14-16H2,(H,24,27)/t19-/m1/s1. The maximum atomic E-state index is 12.4. The summed E-state index contributed by atoms with van der Waals surface area (Å²) in [6, 6.07) is 5.60. The number of rotatable bonds is 6. The fourth-order valence-corrected chi connectivity index (χ4v) is 4.56. The number of hydrogen-bond donors (Lipinski definition) is 1. The molecule has 1 saturated carbocycles. The van der Waals surface area contributed by atoms with Gasteiger partial charge in [-0.15, -0.1) is 0 Å². The SMILES string of the molecule is O=C(NCc1ccncc1)c1cc([C@@H]2CCCN(CC3CCCCC3)C2)no1. The second kappa shape index (κ2) is 9.32. The summed E-state index contributed by atoms with van der Waals surface area (Å²) in [5.41, 5.74) is 1.93. The fraction of sp³-hybridized carbons (Fsp3) is 0.591. The fourth-order valence-electron chi connectivity index (χ4n) is 4.56. The topological polar surface area (TPSA) is 71.3 Å². The zero-order valence-electron chi connectivity index (χ0n) is 16.5. The van der Waals surface area contributed by atoms with Gasteiger partial charge < -0.3 is 14.7 Å². The maximum Gasteiger partial charge on any atom is 0.290 e. The van der Waals surface area contributed by atoms with E-state index in [1.54, 1.807) is 12.4 Å². The van der Waals surface area contributed by atoms with Crippen LogP contribution in [0.1, 0.15) is 72.7 Å². The molecule has 150 valence electrons. The van der Waals surface area contributed by atoms with Crippen LogP contribution in [0.4, 0.5) is 0 Å². The van der Waals surface area contributed by atoms with E-state index in [4.69, 9.17) is 4.52 Å². The number of piperidine rings is 1. The summed E-state index contributed by atoms with van der Waals surface area (Å²) >= 11 is 0. The number of carbonyl (C=O) groups excluding carboxylic acids is 1. The predicted molar refractivity (Wildman–Crippen MR) is 107 cm³/mol. The lowest BCUT2D eigenvalue weighted by molar-refractivity contribution is 0.0913. The van der Waals surface area contributed by atoms with E-state index >= 15 is 0 Å². The Morgan fingerprint density at radius 2 is 1.96 bits per heavy atom. The highest BCUT2D eigenvalue weighted by atomic mass is 16.5. The van der Waals surface area contributed by atoms with Gasteiger partial charge in [-0.2, -0.15) is 0 Å². The molecule has 0 unspecified atom stereocenters. The van der Waals surface area contributed by atoms with Gasteiger partial charge in [-0.1, -0.05) is 24.4 Å². The van der Waals surface area contributed by atoms with E-state index in [1.807, 2.05) is 18.2 Å². The Kier molecular flexibility index (Phi) is 6.37. The first-order valence-electron chi connectivity index (χ1n) is 10.6. The quantitative estimate of drug-likeness (QED) is 0.824. The highest BCUT2D eigenvalue weighted by Crippen LogP contribution is 2.30. The van der Waals surface area contributed by atoms with Gasteiger partial charge in [0.15, 0.2) is 0 Å². The molecule has 1 aliphatic heterocycles. The normalized spacial score (nSPS) is 21.5. The number of nitrogens with zero attached hydrogens (tertiary/aromatic N) is 3. The van der Waals surface area contributed by atoms with Crippen LogP contribution in [0, 0.1) is 5.92 Å². The summed E-state index contributed by atoms with van der Waals surface area (Å²) < 4.78 is 5.36. The lowest BCUT2D eigenvalue weighted by Crippen LogP contribution is -2.38. The van der Waals surface area contributed by atoms with E-state index in [1.165, 1.54) is 51.6 Å². The molecule has 2 fully saturated rings. The summed E-state index contributed by atoms with van der Waals surface area (Å²) in [5.74, 6) is 1.31. The summed E-state index contributed by atoms with van der Waals surface area (Å²) in [4.78, 5) is 19.0. The third-order valence-electron chi connectivity index (χ3n) is 6.12. The molecule has 1 atom stereocenters. The molecule has 0 radical (unpaired) electrons. The van der Waals surface area contributed by atoms with Crippen molar-refractivity contribution < 1.29 is 9.32 Å². The first-order chi connectivity index (χ1) is 13.8. The molecule has 28 heavy (non-hydrogen) atoms. The summed E-state index contributed by atoms with van der Waals surface area (Å²) in [5, 5.41) is 7.11. The van der Waals surface area contributed by atoms with Crippen LogP contribution in [0.25, 0.3) is 0 Å². The van der Waals surface area contributed by atoms with Gasteiger partial charge in [0.1, 0.15) is 0 Å². The maximum absolute atomic E-state index is 12.4. The summed E-state index contributed by atoms with van der Waals surface area (Å²) in [6.07, 6.45) is 12.7. The van der Waals surface area contributed by atoms with Crippen LogP contribution in [-0.2, 0) is 6.54 Å². The molecular weight excluding hydrogens is 352 g/mol. The Morgan fingerprint density at radius 3 is 2.79 bits per heavy atom. The highest BCUT2D eigenvalue weighted by molar-refractivity contribution is 5.91. The van der Waals surface area contributed by atoms with E-state index in [0.717, 1.165) is 30.1 Å². The van der Waals surface area contributed by atoms with Crippen LogP contribution in [-0.4, -0.2) is 40.6 Å². The Hall–Kier alpha value is -2.21. The Labute approximate surface area is 166 Å². The van der Waals surface area contributed by atoms with E-state index < -0.39 is 0 Å². The van der Waals surface area contributed by atoms with Crippen molar-refractivity contribution in [1.82, 2.24) is 20.4 Å². The summed E-state index contributed by atoms with van der Waals surface area (Å²) in [6.45, 7) is 3.88. The number of aromatic nitrogens is 2. The average Bonchev–Trinajstić information content (AvgIpc) is 3.24. The first-order valence-corrected chi connectivity index (χ1v) is 10.6. The molecule has 0 bridgehead atoms. The molecule has 1 aliphatic carbocycles. The average molecular weight is 383 g/mol.